The van der Waals surface area contributed by atoms with Gasteiger partial charge in [-0.05, 0) is 47.7 Å². The van der Waals surface area contributed by atoms with Crippen LogP contribution >= 0.6 is 11.3 Å². The molecule has 0 bridgehead atoms. The molecule has 8 heteroatoms. The number of nitrogens with one attached hydrogen (secondary N) is 1. The van der Waals surface area contributed by atoms with Gasteiger partial charge in [0.25, 0.3) is 5.69 Å². The average Bonchev–Trinajstić information content (AvgIpc) is 3.25. The Labute approximate surface area is 151 Å². The lowest BCUT2D eigenvalue weighted by molar-refractivity contribution is -0.385. The zero-order valence-electron chi connectivity index (χ0n) is 13.9. The van der Waals surface area contributed by atoms with E-state index in [2.05, 4.69) is 16.2 Å². The van der Waals surface area contributed by atoms with E-state index in [1.165, 1.54) is 17.7 Å². The van der Waals surface area contributed by atoms with Crippen LogP contribution in [0.15, 0.2) is 39.9 Å². The monoisotopic (exact) mass is 380 g/mol. The molecule has 6 nitrogen and oxygen atoms in total. The zero-order valence-corrected chi connectivity index (χ0v) is 15.5. The number of aryl methyl sites for hydroxylation is 1. The number of thiophene rings is 1. The fraction of sp³-hybridized carbons (Fsp3) is 0.412. The molecule has 0 spiro atoms. The lowest BCUT2D eigenvalue weighted by Gasteiger charge is -2.28. The number of rotatable bonds is 6. The minimum Gasteiger partial charge on any atom is -0.258 e. The first-order chi connectivity index (χ1) is 11.8. The van der Waals surface area contributed by atoms with Crippen molar-refractivity contribution in [3.63, 3.8) is 0 Å². The smallest absolute Gasteiger partial charge is 0.258 e. The van der Waals surface area contributed by atoms with Crippen LogP contribution in [0.2, 0.25) is 0 Å². The summed E-state index contributed by atoms with van der Waals surface area (Å²) in [5.41, 5.74) is 1.27. The molecule has 2 aromatic rings. The molecule has 0 aliphatic heterocycles. The number of benzene rings is 1. The van der Waals surface area contributed by atoms with Gasteiger partial charge in [-0.1, -0.05) is 18.9 Å². The third kappa shape index (κ3) is 3.61. The number of hydrogen-bond acceptors (Lipinski definition) is 5. The van der Waals surface area contributed by atoms with Gasteiger partial charge in [-0.25, -0.2) is 13.1 Å². The largest absolute Gasteiger partial charge is 0.270 e. The molecule has 0 unspecified atom stereocenters. The highest BCUT2D eigenvalue weighted by Crippen LogP contribution is 2.41. The second kappa shape index (κ2) is 6.86. The highest BCUT2D eigenvalue weighted by molar-refractivity contribution is 7.89. The normalized spacial score (nSPS) is 16.8. The van der Waals surface area contributed by atoms with Crippen molar-refractivity contribution in [3.05, 3.63) is 56.3 Å². The minimum atomic E-state index is -3.81. The third-order valence-corrected chi connectivity index (χ3v) is 7.19. The average molecular weight is 380 g/mol. The Morgan fingerprint density at radius 1 is 1.28 bits per heavy atom. The Morgan fingerprint density at radius 3 is 2.60 bits per heavy atom. The van der Waals surface area contributed by atoms with E-state index in [9.17, 15) is 18.5 Å². The van der Waals surface area contributed by atoms with Gasteiger partial charge in [0.2, 0.25) is 10.0 Å². The molecule has 1 aromatic heterocycles. The molecule has 1 N–H and O–H groups in total. The Morgan fingerprint density at radius 2 is 2.00 bits per heavy atom. The zero-order chi connectivity index (χ0) is 18.1. The van der Waals surface area contributed by atoms with Crippen molar-refractivity contribution in [3.8, 4) is 0 Å². The Bertz CT molecular complexity index is 870. The van der Waals surface area contributed by atoms with Crippen LogP contribution in [0.4, 0.5) is 5.69 Å². The Balaban J connectivity index is 1.87. The van der Waals surface area contributed by atoms with Crippen LogP contribution in [0.1, 0.15) is 36.8 Å². The first kappa shape index (κ1) is 18.0. The summed E-state index contributed by atoms with van der Waals surface area (Å²) in [6, 6.07) is 5.97. The molecule has 134 valence electrons. The number of nitro benzene ring substituents is 1. The summed E-state index contributed by atoms with van der Waals surface area (Å²) in [6.45, 7) is 1.96. The summed E-state index contributed by atoms with van der Waals surface area (Å²) in [5.74, 6) is 0. The van der Waals surface area contributed by atoms with Crippen molar-refractivity contribution in [2.24, 2.45) is 0 Å². The summed E-state index contributed by atoms with van der Waals surface area (Å²) in [5, 5.41) is 15.0. The summed E-state index contributed by atoms with van der Waals surface area (Å²) in [7, 11) is -3.81. The Hall–Kier alpha value is -1.77. The van der Waals surface area contributed by atoms with Crippen molar-refractivity contribution in [1.29, 1.82) is 0 Å². The van der Waals surface area contributed by atoms with E-state index < -0.39 is 14.9 Å². The topological polar surface area (TPSA) is 89.3 Å². The van der Waals surface area contributed by atoms with Crippen LogP contribution < -0.4 is 4.72 Å². The van der Waals surface area contributed by atoms with Gasteiger partial charge in [-0.2, -0.15) is 11.3 Å². The lowest BCUT2D eigenvalue weighted by Crippen LogP contribution is -2.39. The lowest BCUT2D eigenvalue weighted by atomic mass is 9.81. The first-order valence-electron chi connectivity index (χ1n) is 8.11. The van der Waals surface area contributed by atoms with Crippen molar-refractivity contribution in [2.45, 2.75) is 42.9 Å². The molecule has 1 fully saturated rings. The highest BCUT2D eigenvalue weighted by atomic mass is 32.2. The standard InChI is InChI=1S/C17H20N2O4S2/c1-13-4-5-15(19(20)21)10-16(13)25(22,23)18-12-17(7-2-3-8-17)14-6-9-24-11-14/h4-6,9-11,18H,2-3,7-8,12H2,1H3. The van der Waals surface area contributed by atoms with Crippen LogP contribution in [0.5, 0.6) is 0 Å². The van der Waals surface area contributed by atoms with Gasteiger partial charge in [0.05, 0.1) is 9.82 Å². The van der Waals surface area contributed by atoms with Gasteiger partial charge in [-0.3, -0.25) is 10.1 Å². The number of sulfonamides is 1. The fourth-order valence-electron chi connectivity index (χ4n) is 3.49. The quantitative estimate of drug-likeness (QED) is 0.610. The minimum absolute atomic E-state index is 0.0276. The molecule has 1 aromatic carbocycles. The Kier molecular flexibility index (Phi) is 4.95. The summed E-state index contributed by atoms with van der Waals surface area (Å²) in [6.07, 6.45) is 4.04. The van der Waals surface area contributed by atoms with Crippen LogP contribution in [0.3, 0.4) is 0 Å². The van der Waals surface area contributed by atoms with Gasteiger partial charge in [0.15, 0.2) is 0 Å². The molecule has 1 aliphatic carbocycles. The third-order valence-electron chi connectivity index (χ3n) is 4.97. The number of hydrogen-bond donors (Lipinski definition) is 1. The maximum absolute atomic E-state index is 12.8. The van der Waals surface area contributed by atoms with Gasteiger partial charge in [0.1, 0.15) is 0 Å². The second-order valence-corrected chi connectivity index (χ2v) is 9.05. The van der Waals surface area contributed by atoms with Crippen molar-refractivity contribution in [2.75, 3.05) is 6.54 Å². The molecule has 1 saturated carbocycles. The number of nitro groups is 1. The summed E-state index contributed by atoms with van der Waals surface area (Å²) >= 11 is 1.61. The summed E-state index contributed by atoms with van der Waals surface area (Å²) in [4.78, 5) is 10.3. The van der Waals surface area contributed by atoms with E-state index in [-0.39, 0.29) is 16.0 Å². The van der Waals surface area contributed by atoms with E-state index in [0.29, 0.717) is 12.1 Å². The first-order valence-corrected chi connectivity index (χ1v) is 10.5. The van der Waals surface area contributed by atoms with Crippen LogP contribution in [-0.4, -0.2) is 19.9 Å². The molecule has 0 atom stereocenters. The van der Waals surface area contributed by atoms with E-state index in [1.807, 2.05) is 5.38 Å². The molecule has 3 rings (SSSR count). The van der Waals surface area contributed by atoms with Crippen molar-refractivity contribution < 1.29 is 13.3 Å². The molecule has 0 amide bonds. The fourth-order valence-corrected chi connectivity index (χ4v) is 5.66. The second-order valence-electron chi connectivity index (χ2n) is 6.53. The molecular weight excluding hydrogens is 360 g/mol. The molecule has 25 heavy (non-hydrogen) atoms. The van der Waals surface area contributed by atoms with E-state index in [1.54, 1.807) is 18.3 Å². The van der Waals surface area contributed by atoms with Gasteiger partial charge < -0.3 is 0 Å². The molecular formula is C17H20N2O4S2. The summed E-state index contributed by atoms with van der Waals surface area (Å²) < 4.78 is 28.2. The van der Waals surface area contributed by atoms with Crippen molar-refractivity contribution in [1.82, 2.24) is 4.72 Å². The van der Waals surface area contributed by atoms with Gasteiger partial charge in [-0.15, -0.1) is 0 Å². The van der Waals surface area contributed by atoms with Crippen molar-refractivity contribution >= 4 is 27.0 Å². The van der Waals surface area contributed by atoms with Crippen LogP contribution in [0, 0.1) is 17.0 Å². The van der Waals surface area contributed by atoms with Crippen LogP contribution in [-0.2, 0) is 15.4 Å². The number of nitrogens with zero attached hydrogens (tertiary/aromatic N) is 1. The van der Waals surface area contributed by atoms with Crippen LogP contribution in [0.25, 0.3) is 0 Å². The highest BCUT2D eigenvalue weighted by Gasteiger charge is 2.37. The van der Waals surface area contributed by atoms with Gasteiger partial charge >= 0.3 is 0 Å². The molecule has 0 radical (unpaired) electrons. The predicted octanol–water partition coefficient (Wildman–Crippen LogP) is 3.76. The number of non-ortho nitro benzene ring substituents is 1. The molecule has 0 saturated heterocycles. The van der Waals surface area contributed by atoms with E-state index in [0.717, 1.165) is 31.7 Å². The maximum atomic E-state index is 12.8. The van der Waals surface area contributed by atoms with E-state index in [4.69, 9.17) is 0 Å². The van der Waals surface area contributed by atoms with Gasteiger partial charge in [0, 0.05) is 24.1 Å². The predicted molar refractivity (Wildman–Crippen MR) is 97.5 cm³/mol. The SMILES string of the molecule is Cc1ccc([N+](=O)[O-])cc1S(=O)(=O)NCC1(c2ccsc2)CCCC1. The molecule has 1 aliphatic rings. The van der Waals surface area contributed by atoms with E-state index >= 15 is 0 Å². The molecule has 1 heterocycles. The maximum Gasteiger partial charge on any atom is 0.270 e.